The van der Waals surface area contributed by atoms with Gasteiger partial charge in [-0.3, -0.25) is 0 Å². The van der Waals surface area contributed by atoms with Crippen molar-refractivity contribution in [1.29, 1.82) is 0 Å². The molecule has 3 rings (SSSR count). The molecule has 0 radical (unpaired) electrons. The van der Waals surface area contributed by atoms with E-state index in [1.54, 1.807) is 12.5 Å². The lowest BCUT2D eigenvalue weighted by Gasteiger charge is -2.18. The number of benzene rings is 3. The lowest BCUT2D eigenvalue weighted by molar-refractivity contribution is 0.482. The minimum atomic E-state index is 0.902. The highest BCUT2D eigenvalue weighted by Gasteiger charge is 2.17. The molecule has 3 aromatic rings. The van der Waals surface area contributed by atoms with Gasteiger partial charge < -0.3 is 9.47 Å². The Bertz CT molecular complexity index is 930. The summed E-state index contributed by atoms with van der Waals surface area (Å²) < 4.78 is 12.3. The van der Waals surface area contributed by atoms with E-state index in [-0.39, 0.29) is 0 Å². The summed E-state index contributed by atoms with van der Waals surface area (Å²) in [5, 5.41) is 4.35. The van der Waals surface area contributed by atoms with Crippen molar-refractivity contribution in [3.05, 3.63) is 72.2 Å². The molecule has 28 heavy (non-hydrogen) atoms. The van der Waals surface area contributed by atoms with E-state index in [0.29, 0.717) is 0 Å². The topological polar surface area (TPSA) is 18.5 Å². The Morgan fingerprint density at radius 3 is 1.43 bits per heavy atom. The fourth-order valence-electron chi connectivity index (χ4n) is 3.57. The molecule has 0 aliphatic carbocycles. The molecular formula is C26H30O2. The lowest BCUT2D eigenvalue weighted by atomic mass is 9.94. The second-order valence-corrected chi connectivity index (χ2v) is 6.87. The Morgan fingerprint density at radius 2 is 1.07 bits per heavy atom. The number of aryl methyl sites for hydroxylation is 2. The summed E-state index contributed by atoms with van der Waals surface area (Å²) in [6.07, 6.45) is 11.6. The zero-order valence-corrected chi connectivity index (χ0v) is 17.4. The van der Waals surface area contributed by atoms with Gasteiger partial charge in [-0.15, -0.1) is 0 Å². The summed E-state index contributed by atoms with van der Waals surface area (Å²) in [6.45, 7) is 8.63. The molecule has 0 N–H and O–H groups in total. The van der Waals surface area contributed by atoms with Crippen LogP contribution < -0.4 is 9.47 Å². The van der Waals surface area contributed by atoms with Crippen molar-refractivity contribution >= 4 is 21.5 Å². The zero-order chi connectivity index (χ0) is 19.9. The number of ether oxygens (including phenoxy) is 2. The van der Waals surface area contributed by atoms with E-state index >= 15 is 0 Å². The van der Waals surface area contributed by atoms with E-state index in [2.05, 4.69) is 64.1 Å². The highest BCUT2D eigenvalue weighted by molar-refractivity contribution is 6.11. The molecule has 0 saturated heterocycles. The number of hydrogen-bond donors (Lipinski definition) is 0. The molecule has 3 aromatic carbocycles. The maximum atomic E-state index is 6.17. The fraction of sp³-hybridized carbons (Fsp3) is 0.308. The average molecular weight is 375 g/mol. The molecule has 0 aliphatic heterocycles. The number of hydrogen-bond acceptors (Lipinski definition) is 2. The van der Waals surface area contributed by atoms with E-state index in [9.17, 15) is 0 Å². The van der Waals surface area contributed by atoms with Crippen LogP contribution >= 0.6 is 0 Å². The van der Waals surface area contributed by atoms with E-state index < -0.39 is 0 Å². The SMILES string of the molecule is CC/C=C/Oc1c2ccccc2c(O/C=C/CC)c2cc(CC)c(CC)cc12. The van der Waals surface area contributed by atoms with Crippen molar-refractivity contribution in [2.75, 3.05) is 0 Å². The van der Waals surface area contributed by atoms with Crippen LogP contribution in [0.5, 0.6) is 11.5 Å². The van der Waals surface area contributed by atoms with Crippen molar-refractivity contribution < 1.29 is 9.47 Å². The Kier molecular flexibility index (Phi) is 6.76. The quantitative estimate of drug-likeness (QED) is 0.297. The van der Waals surface area contributed by atoms with Crippen LogP contribution in [0, 0.1) is 0 Å². The van der Waals surface area contributed by atoms with Gasteiger partial charge in [-0.05, 0) is 61.1 Å². The van der Waals surface area contributed by atoms with E-state index in [1.807, 2.05) is 12.2 Å². The summed E-state index contributed by atoms with van der Waals surface area (Å²) in [7, 11) is 0. The van der Waals surface area contributed by atoms with Gasteiger partial charge in [0, 0.05) is 21.5 Å². The van der Waals surface area contributed by atoms with Gasteiger partial charge in [0.1, 0.15) is 11.5 Å². The second kappa shape index (κ2) is 9.45. The maximum Gasteiger partial charge on any atom is 0.142 e. The highest BCUT2D eigenvalue weighted by atomic mass is 16.5. The van der Waals surface area contributed by atoms with Crippen LogP contribution in [-0.4, -0.2) is 0 Å². The fourth-order valence-corrected chi connectivity index (χ4v) is 3.57. The molecule has 0 atom stereocenters. The van der Waals surface area contributed by atoms with Crippen molar-refractivity contribution in [3.63, 3.8) is 0 Å². The number of fused-ring (bicyclic) bond motifs is 2. The van der Waals surface area contributed by atoms with Crippen LogP contribution in [-0.2, 0) is 12.8 Å². The first-order chi connectivity index (χ1) is 13.7. The van der Waals surface area contributed by atoms with Crippen LogP contribution in [0.3, 0.4) is 0 Å². The normalized spacial score (nSPS) is 11.9. The third-order valence-electron chi connectivity index (χ3n) is 5.04. The van der Waals surface area contributed by atoms with Crippen LogP contribution in [0.25, 0.3) is 21.5 Å². The number of allylic oxidation sites excluding steroid dienone is 2. The molecule has 0 aromatic heterocycles. The van der Waals surface area contributed by atoms with E-state index in [1.165, 1.54) is 11.1 Å². The summed E-state index contributed by atoms with van der Waals surface area (Å²) in [6, 6.07) is 12.9. The summed E-state index contributed by atoms with van der Waals surface area (Å²) in [5.74, 6) is 1.80. The van der Waals surface area contributed by atoms with Gasteiger partial charge >= 0.3 is 0 Å². The molecule has 2 nitrogen and oxygen atoms in total. The van der Waals surface area contributed by atoms with Gasteiger partial charge in [-0.2, -0.15) is 0 Å². The summed E-state index contributed by atoms with van der Waals surface area (Å²) in [4.78, 5) is 0. The molecular weight excluding hydrogens is 344 g/mol. The van der Waals surface area contributed by atoms with Crippen LogP contribution in [0.2, 0.25) is 0 Å². The minimum Gasteiger partial charge on any atom is -0.464 e. The molecule has 0 unspecified atom stereocenters. The molecule has 146 valence electrons. The van der Waals surface area contributed by atoms with Gasteiger partial charge in [0.05, 0.1) is 12.5 Å². The first-order valence-electron chi connectivity index (χ1n) is 10.4. The Labute approximate surface area is 168 Å². The van der Waals surface area contributed by atoms with Crippen molar-refractivity contribution in [1.82, 2.24) is 0 Å². The summed E-state index contributed by atoms with van der Waals surface area (Å²) >= 11 is 0. The predicted molar refractivity (Wildman–Crippen MR) is 120 cm³/mol. The average Bonchev–Trinajstić information content (AvgIpc) is 2.74. The van der Waals surface area contributed by atoms with Gasteiger partial charge in [0.15, 0.2) is 0 Å². The highest BCUT2D eigenvalue weighted by Crippen LogP contribution is 2.44. The predicted octanol–water partition coefficient (Wildman–Crippen LogP) is 7.72. The van der Waals surface area contributed by atoms with Crippen LogP contribution in [0.4, 0.5) is 0 Å². The van der Waals surface area contributed by atoms with Crippen molar-refractivity contribution in [2.24, 2.45) is 0 Å². The summed E-state index contributed by atoms with van der Waals surface area (Å²) in [5.41, 5.74) is 2.73. The standard InChI is InChI=1S/C26H30O2/c1-5-9-15-27-25-21-13-11-12-14-22(21)26(28-16-10-6-2)24-18-20(8-4)19(7-3)17-23(24)25/h9-18H,5-8H2,1-4H3/b15-9+,16-10+. The van der Waals surface area contributed by atoms with Crippen LogP contribution in [0.15, 0.2) is 61.1 Å². The monoisotopic (exact) mass is 374 g/mol. The van der Waals surface area contributed by atoms with Gasteiger partial charge in [-0.25, -0.2) is 0 Å². The maximum absolute atomic E-state index is 6.17. The Balaban J connectivity index is 2.39. The molecule has 2 heteroatoms. The molecule has 0 saturated carbocycles. The Morgan fingerprint density at radius 1 is 0.643 bits per heavy atom. The van der Waals surface area contributed by atoms with Gasteiger partial charge in [-0.1, -0.05) is 52.0 Å². The molecule has 0 heterocycles. The van der Waals surface area contributed by atoms with Gasteiger partial charge in [0.2, 0.25) is 0 Å². The lowest BCUT2D eigenvalue weighted by Crippen LogP contribution is -1.97. The zero-order valence-electron chi connectivity index (χ0n) is 17.4. The second-order valence-electron chi connectivity index (χ2n) is 6.87. The number of rotatable bonds is 8. The van der Waals surface area contributed by atoms with Gasteiger partial charge in [0.25, 0.3) is 0 Å². The van der Waals surface area contributed by atoms with E-state index in [4.69, 9.17) is 9.47 Å². The molecule has 0 fully saturated rings. The van der Waals surface area contributed by atoms with Crippen molar-refractivity contribution in [2.45, 2.75) is 53.4 Å². The third kappa shape index (κ3) is 3.91. The first-order valence-corrected chi connectivity index (χ1v) is 10.4. The van der Waals surface area contributed by atoms with E-state index in [0.717, 1.165) is 58.7 Å². The molecule has 0 spiro atoms. The largest absolute Gasteiger partial charge is 0.464 e. The Hall–Kier alpha value is -2.74. The van der Waals surface area contributed by atoms with Crippen molar-refractivity contribution in [3.8, 4) is 11.5 Å². The molecule has 0 aliphatic rings. The third-order valence-corrected chi connectivity index (χ3v) is 5.04. The molecule has 0 amide bonds. The molecule has 0 bridgehead atoms. The smallest absolute Gasteiger partial charge is 0.142 e. The van der Waals surface area contributed by atoms with Crippen LogP contribution in [0.1, 0.15) is 51.7 Å². The minimum absolute atomic E-state index is 0.902. The first kappa shape index (κ1) is 20.0.